The number of para-hydroxylation sites is 1. The second-order valence-electron chi connectivity index (χ2n) is 6.90. The van der Waals surface area contributed by atoms with Gasteiger partial charge in [0.2, 0.25) is 0 Å². The Bertz CT molecular complexity index is 1240. The first kappa shape index (κ1) is 21.2. The summed E-state index contributed by atoms with van der Waals surface area (Å²) in [5.74, 6) is 1.34. The lowest BCUT2D eigenvalue weighted by molar-refractivity contribution is 0.349. The first-order valence-corrected chi connectivity index (χ1v) is 9.88. The highest BCUT2D eigenvalue weighted by Gasteiger charge is 2.23. The van der Waals surface area contributed by atoms with Crippen molar-refractivity contribution in [3.05, 3.63) is 72.8 Å². The SMILES string of the molecule is COc1ccc(-c2ncn(-c3ccccc3)c2-c2cc(OC)c(OC)cc2OC)cc1F. The van der Waals surface area contributed by atoms with E-state index in [1.807, 2.05) is 41.0 Å². The Hall–Kier alpha value is -4.00. The summed E-state index contributed by atoms with van der Waals surface area (Å²) in [7, 11) is 6.15. The zero-order valence-electron chi connectivity index (χ0n) is 18.3. The maximum absolute atomic E-state index is 14.5. The Balaban J connectivity index is 2.02. The predicted octanol–water partition coefficient (Wildman–Crippen LogP) is 5.38. The number of methoxy groups -OCH3 is 4. The van der Waals surface area contributed by atoms with Crippen LogP contribution in [0, 0.1) is 5.82 Å². The summed E-state index contributed by atoms with van der Waals surface area (Å²) in [5.41, 5.74) is 3.52. The van der Waals surface area contributed by atoms with Gasteiger partial charge in [0.25, 0.3) is 0 Å². The van der Waals surface area contributed by atoms with Crippen molar-refractivity contribution in [3.63, 3.8) is 0 Å². The molecule has 0 bridgehead atoms. The standard InChI is InChI=1S/C25H23FN2O4/c1-29-20-11-10-16(12-19(20)26)24-25(28(15-27-24)17-8-6-5-7-9-17)18-13-22(31-3)23(32-4)14-21(18)30-2/h5-15H,1-4H3. The molecule has 0 aliphatic rings. The molecule has 0 radical (unpaired) electrons. The maximum Gasteiger partial charge on any atom is 0.165 e. The average Bonchev–Trinajstić information content (AvgIpc) is 3.28. The molecule has 1 aromatic heterocycles. The third-order valence-corrected chi connectivity index (χ3v) is 5.19. The van der Waals surface area contributed by atoms with Gasteiger partial charge >= 0.3 is 0 Å². The Labute approximate surface area is 185 Å². The number of nitrogens with zero attached hydrogens (tertiary/aromatic N) is 2. The number of imidazole rings is 1. The van der Waals surface area contributed by atoms with Crippen LogP contribution in [0.2, 0.25) is 0 Å². The van der Waals surface area contributed by atoms with Gasteiger partial charge in [-0.3, -0.25) is 4.57 Å². The van der Waals surface area contributed by atoms with Crippen LogP contribution in [0.5, 0.6) is 23.0 Å². The summed E-state index contributed by atoms with van der Waals surface area (Å²) < 4.78 is 38.2. The van der Waals surface area contributed by atoms with Gasteiger partial charge in [0.05, 0.1) is 39.8 Å². The summed E-state index contributed by atoms with van der Waals surface area (Å²) in [6, 6.07) is 18.1. The molecule has 0 unspecified atom stereocenters. The zero-order chi connectivity index (χ0) is 22.7. The minimum absolute atomic E-state index is 0.168. The van der Waals surface area contributed by atoms with Crippen LogP contribution in [0.3, 0.4) is 0 Å². The van der Waals surface area contributed by atoms with E-state index in [0.717, 1.165) is 16.9 Å². The molecule has 32 heavy (non-hydrogen) atoms. The number of aromatic nitrogens is 2. The summed E-state index contributed by atoms with van der Waals surface area (Å²) in [6.45, 7) is 0. The van der Waals surface area contributed by atoms with E-state index in [-0.39, 0.29) is 5.75 Å². The molecule has 0 saturated heterocycles. The number of ether oxygens (including phenoxy) is 4. The Morgan fingerprint density at radius 2 is 1.38 bits per heavy atom. The third kappa shape index (κ3) is 3.73. The van der Waals surface area contributed by atoms with Gasteiger partial charge in [0.1, 0.15) is 12.1 Å². The molecule has 4 aromatic rings. The van der Waals surface area contributed by atoms with Gasteiger partial charge in [-0.1, -0.05) is 18.2 Å². The predicted molar refractivity (Wildman–Crippen MR) is 121 cm³/mol. The number of rotatable bonds is 7. The molecular formula is C25H23FN2O4. The van der Waals surface area contributed by atoms with Gasteiger partial charge in [0.15, 0.2) is 23.1 Å². The molecule has 1 heterocycles. The van der Waals surface area contributed by atoms with Crippen molar-refractivity contribution >= 4 is 0 Å². The van der Waals surface area contributed by atoms with E-state index in [4.69, 9.17) is 18.9 Å². The highest BCUT2D eigenvalue weighted by atomic mass is 19.1. The lowest BCUT2D eigenvalue weighted by Gasteiger charge is -2.17. The molecule has 0 spiro atoms. The Kier molecular flexibility index (Phi) is 5.98. The van der Waals surface area contributed by atoms with E-state index >= 15 is 0 Å². The van der Waals surface area contributed by atoms with Crippen LogP contribution in [-0.4, -0.2) is 38.0 Å². The van der Waals surface area contributed by atoms with Gasteiger partial charge < -0.3 is 18.9 Å². The van der Waals surface area contributed by atoms with Crippen LogP contribution in [0.25, 0.3) is 28.2 Å². The summed E-state index contributed by atoms with van der Waals surface area (Å²) in [4.78, 5) is 4.64. The Morgan fingerprint density at radius 1 is 0.719 bits per heavy atom. The molecule has 164 valence electrons. The van der Waals surface area contributed by atoms with Crippen LogP contribution in [0.4, 0.5) is 4.39 Å². The van der Waals surface area contributed by atoms with Gasteiger partial charge in [-0.05, 0) is 36.4 Å². The van der Waals surface area contributed by atoms with E-state index in [1.165, 1.54) is 13.2 Å². The van der Waals surface area contributed by atoms with Gasteiger partial charge in [-0.25, -0.2) is 9.37 Å². The molecule has 3 aromatic carbocycles. The van der Waals surface area contributed by atoms with Crippen LogP contribution in [0.15, 0.2) is 67.0 Å². The van der Waals surface area contributed by atoms with E-state index in [1.54, 1.807) is 45.9 Å². The zero-order valence-corrected chi connectivity index (χ0v) is 18.3. The highest BCUT2D eigenvalue weighted by molar-refractivity contribution is 5.84. The van der Waals surface area contributed by atoms with E-state index in [0.29, 0.717) is 28.5 Å². The van der Waals surface area contributed by atoms with Crippen LogP contribution < -0.4 is 18.9 Å². The molecule has 0 atom stereocenters. The summed E-state index contributed by atoms with van der Waals surface area (Å²) in [6.07, 6.45) is 1.71. The quantitative estimate of drug-likeness (QED) is 0.391. The van der Waals surface area contributed by atoms with Crippen LogP contribution >= 0.6 is 0 Å². The van der Waals surface area contributed by atoms with Crippen molar-refractivity contribution in [1.82, 2.24) is 9.55 Å². The molecule has 0 amide bonds. The second-order valence-corrected chi connectivity index (χ2v) is 6.90. The van der Waals surface area contributed by atoms with Crippen LogP contribution in [0.1, 0.15) is 0 Å². The maximum atomic E-state index is 14.5. The first-order valence-electron chi connectivity index (χ1n) is 9.88. The van der Waals surface area contributed by atoms with Crippen molar-refractivity contribution in [2.24, 2.45) is 0 Å². The van der Waals surface area contributed by atoms with E-state index in [2.05, 4.69) is 4.98 Å². The smallest absolute Gasteiger partial charge is 0.165 e. The minimum atomic E-state index is -0.468. The minimum Gasteiger partial charge on any atom is -0.496 e. The number of halogens is 1. The van der Waals surface area contributed by atoms with Gasteiger partial charge in [-0.15, -0.1) is 0 Å². The largest absolute Gasteiger partial charge is 0.496 e. The normalized spacial score (nSPS) is 10.7. The summed E-state index contributed by atoms with van der Waals surface area (Å²) in [5, 5.41) is 0. The second kappa shape index (κ2) is 9.01. The number of hydrogen-bond donors (Lipinski definition) is 0. The monoisotopic (exact) mass is 434 g/mol. The topological polar surface area (TPSA) is 54.7 Å². The highest BCUT2D eigenvalue weighted by Crippen LogP contribution is 2.44. The third-order valence-electron chi connectivity index (χ3n) is 5.19. The van der Waals surface area contributed by atoms with Crippen molar-refractivity contribution < 1.29 is 23.3 Å². The lowest BCUT2D eigenvalue weighted by Crippen LogP contribution is -2.00. The average molecular weight is 434 g/mol. The van der Waals surface area contributed by atoms with Gasteiger partial charge in [0, 0.05) is 22.9 Å². The van der Waals surface area contributed by atoms with E-state index in [9.17, 15) is 4.39 Å². The number of benzene rings is 3. The number of hydrogen-bond acceptors (Lipinski definition) is 5. The fourth-order valence-corrected chi connectivity index (χ4v) is 3.63. The summed E-state index contributed by atoms with van der Waals surface area (Å²) >= 11 is 0. The van der Waals surface area contributed by atoms with Crippen molar-refractivity contribution in [2.45, 2.75) is 0 Å². The molecule has 0 aliphatic carbocycles. The van der Waals surface area contributed by atoms with Crippen molar-refractivity contribution in [3.8, 4) is 51.2 Å². The molecule has 6 nitrogen and oxygen atoms in total. The van der Waals surface area contributed by atoms with Crippen molar-refractivity contribution in [2.75, 3.05) is 28.4 Å². The van der Waals surface area contributed by atoms with Crippen molar-refractivity contribution in [1.29, 1.82) is 0 Å². The molecule has 0 aliphatic heterocycles. The molecule has 4 rings (SSSR count). The lowest BCUT2D eigenvalue weighted by atomic mass is 10.0. The molecule has 0 N–H and O–H groups in total. The fourth-order valence-electron chi connectivity index (χ4n) is 3.63. The van der Waals surface area contributed by atoms with E-state index < -0.39 is 5.82 Å². The molecule has 0 fully saturated rings. The fraction of sp³-hybridized carbons (Fsp3) is 0.160. The molecule has 7 heteroatoms. The molecule has 0 saturated carbocycles. The van der Waals surface area contributed by atoms with Gasteiger partial charge in [-0.2, -0.15) is 0 Å². The first-order chi connectivity index (χ1) is 15.6. The van der Waals surface area contributed by atoms with Crippen LogP contribution in [-0.2, 0) is 0 Å². The molecular weight excluding hydrogens is 411 g/mol. The Morgan fingerprint density at radius 3 is 2.00 bits per heavy atom.